The Labute approximate surface area is 231 Å². The molecule has 0 radical (unpaired) electrons. The number of rotatable bonds is 9. The molecule has 1 fully saturated rings. The second kappa shape index (κ2) is 12.0. The van der Waals surface area contributed by atoms with Gasteiger partial charge in [0.15, 0.2) is 0 Å². The Hall–Kier alpha value is -3.07. The van der Waals surface area contributed by atoms with Gasteiger partial charge in [-0.25, -0.2) is 0 Å². The first-order valence-electron chi connectivity index (χ1n) is 13.3. The number of halogens is 4. The lowest BCUT2D eigenvalue weighted by Gasteiger charge is -2.35. The van der Waals surface area contributed by atoms with Crippen molar-refractivity contribution in [3.63, 3.8) is 0 Å². The van der Waals surface area contributed by atoms with Gasteiger partial charge in [-0.2, -0.15) is 0 Å². The van der Waals surface area contributed by atoms with Crippen LogP contribution in [-0.4, -0.2) is 51.9 Å². The quantitative estimate of drug-likeness (QED) is 0.215. The standard InChI is InChI=1S/C30H32ClF3N4O/c1-2-3-12-38-21-26(28-10-9-24(18-35-28)39-30(32,33)34)25-17-22(8-11-29(25)38)19-36-13-15-37(16-14-36)20-23-6-4-5-7-27(23)31/h4-11,17-18,21H,2-3,12-16,19-20H2,1H3. The minimum absolute atomic E-state index is 0.324. The van der Waals surface area contributed by atoms with E-state index in [9.17, 15) is 13.2 Å². The molecule has 0 aliphatic carbocycles. The molecule has 39 heavy (non-hydrogen) atoms. The summed E-state index contributed by atoms with van der Waals surface area (Å²) in [5.74, 6) is -0.324. The van der Waals surface area contributed by atoms with Crippen LogP contribution in [0.25, 0.3) is 22.2 Å². The number of pyridine rings is 1. The predicted molar refractivity (Wildman–Crippen MR) is 149 cm³/mol. The molecule has 0 saturated carbocycles. The van der Waals surface area contributed by atoms with E-state index in [1.165, 1.54) is 11.6 Å². The molecular weight excluding hydrogens is 525 g/mol. The summed E-state index contributed by atoms with van der Waals surface area (Å²) in [6.45, 7) is 8.60. The highest BCUT2D eigenvalue weighted by atomic mass is 35.5. The largest absolute Gasteiger partial charge is 0.573 e. The van der Waals surface area contributed by atoms with Crippen molar-refractivity contribution in [1.82, 2.24) is 19.4 Å². The number of aryl methyl sites for hydroxylation is 1. The summed E-state index contributed by atoms with van der Waals surface area (Å²) >= 11 is 6.35. The van der Waals surface area contributed by atoms with Gasteiger partial charge in [0.25, 0.3) is 0 Å². The number of alkyl halides is 3. The van der Waals surface area contributed by atoms with Crippen LogP contribution in [0.3, 0.4) is 0 Å². The van der Waals surface area contributed by atoms with Crippen LogP contribution in [0, 0.1) is 0 Å². The fourth-order valence-electron chi connectivity index (χ4n) is 5.13. The molecule has 2 aromatic carbocycles. The van der Waals surface area contributed by atoms with Gasteiger partial charge in [-0.15, -0.1) is 13.2 Å². The molecule has 0 atom stereocenters. The highest BCUT2D eigenvalue weighted by Crippen LogP contribution is 2.32. The topological polar surface area (TPSA) is 33.5 Å². The first-order valence-corrected chi connectivity index (χ1v) is 13.7. The lowest BCUT2D eigenvalue weighted by molar-refractivity contribution is -0.274. The zero-order valence-electron chi connectivity index (χ0n) is 21.9. The molecule has 9 heteroatoms. The normalized spacial score (nSPS) is 15.2. The Kier molecular flexibility index (Phi) is 8.45. The third kappa shape index (κ3) is 6.93. The van der Waals surface area contributed by atoms with E-state index in [2.05, 4.69) is 61.5 Å². The molecule has 1 aliphatic rings. The summed E-state index contributed by atoms with van der Waals surface area (Å²) in [6, 6.07) is 17.4. The second-order valence-electron chi connectivity index (χ2n) is 10.0. The fourth-order valence-corrected chi connectivity index (χ4v) is 5.32. The maximum atomic E-state index is 12.6. The molecule has 0 spiro atoms. The van der Waals surface area contributed by atoms with Crippen molar-refractivity contribution in [1.29, 1.82) is 0 Å². The lowest BCUT2D eigenvalue weighted by atomic mass is 10.1. The van der Waals surface area contributed by atoms with Crippen molar-refractivity contribution < 1.29 is 17.9 Å². The van der Waals surface area contributed by atoms with Crippen LogP contribution in [0.15, 0.2) is 67.0 Å². The summed E-state index contributed by atoms with van der Waals surface area (Å²) in [5, 5.41) is 1.87. The highest BCUT2D eigenvalue weighted by molar-refractivity contribution is 6.31. The molecule has 2 aromatic heterocycles. The fraction of sp³-hybridized carbons (Fsp3) is 0.367. The predicted octanol–water partition coefficient (Wildman–Crippen LogP) is 7.37. The molecule has 0 N–H and O–H groups in total. The SMILES string of the molecule is CCCCn1cc(-c2ccc(OC(F)(F)F)cn2)c2cc(CN3CCN(Cc4ccccc4Cl)CC3)ccc21. The first-order chi connectivity index (χ1) is 18.8. The molecule has 4 aromatic rings. The molecule has 206 valence electrons. The highest BCUT2D eigenvalue weighted by Gasteiger charge is 2.31. The van der Waals surface area contributed by atoms with Crippen molar-refractivity contribution in [2.45, 2.75) is 45.8 Å². The summed E-state index contributed by atoms with van der Waals surface area (Å²) in [5.41, 5.74) is 4.99. The zero-order valence-corrected chi connectivity index (χ0v) is 22.7. The Morgan fingerprint density at radius 2 is 1.69 bits per heavy atom. The molecule has 1 saturated heterocycles. The van der Waals surface area contributed by atoms with E-state index >= 15 is 0 Å². The van der Waals surface area contributed by atoms with Crippen LogP contribution in [0.2, 0.25) is 5.02 Å². The van der Waals surface area contributed by atoms with E-state index < -0.39 is 6.36 Å². The maximum Gasteiger partial charge on any atom is 0.573 e. The number of hydrogen-bond donors (Lipinski definition) is 0. The zero-order chi connectivity index (χ0) is 27.4. The van der Waals surface area contributed by atoms with Crippen LogP contribution in [-0.2, 0) is 19.6 Å². The number of unbranched alkanes of at least 4 members (excludes halogenated alkanes) is 1. The van der Waals surface area contributed by atoms with Crippen LogP contribution >= 0.6 is 11.6 Å². The minimum Gasteiger partial charge on any atom is -0.404 e. The van der Waals surface area contributed by atoms with E-state index in [-0.39, 0.29) is 5.75 Å². The van der Waals surface area contributed by atoms with Crippen molar-refractivity contribution >= 4 is 22.5 Å². The van der Waals surface area contributed by atoms with Gasteiger partial charge >= 0.3 is 6.36 Å². The Morgan fingerprint density at radius 3 is 2.36 bits per heavy atom. The number of piperazine rings is 1. The first kappa shape index (κ1) is 27.5. The van der Waals surface area contributed by atoms with Crippen molar-refractivity contribution in [3.05, 3.63) is 83.1 Å². The van der Waals surface area contributed by atoms with Crippen molar-refractivity contribution in [2.24, 2.45) is 0 Å². The van der Waals surface area contributed by atoms with E-state index in [0.29, 0.717) is 5.69 Å². The van der Waals surface area contributed by atoms with E-state index in [4.69, 9.17) is 11.6 Å². The van der Waals surface area contributed by atoms with Crippen LogP contribution in [0.4, 0.5) is 13.2 Å². The Bertz CT molecular complexity index is 1400. The van der Waals surface area contributed by atoms with Crippen molar-refractivity contribution in [3.8, 4) is 17.0 Å². The average Bonchev–Trinajstić information content (AvgIpc) is 3.27. The van der Waals surface area contributed by atoms with Crippen LogP contribution in [0.1, 0.15) is 30.9 Å². The summed E-state index contributed by atoms with van der Waals surface area (Å²) in [7, 11) is 0. The molecular formula is C30H32ClF3N4O. The van der Waals surface area contributed by atoms with E-state index in [0.717, 1.165) is 91.9 Å². The van der Waals surface area contributed by atoms with Crippen molar-refractivity contribution in [2.75, 3.05) is 26.2 Å². The van der Waals surface area contributed by atoms with Crippen LogP contribution in [0.5, 0.6) is 5.75 Å². The van der Waals surface area contributed by atoms with Gasteiger partial charge in [0.05, 0.1) is 11.9 Å². The number of fused-ring (bicyclic) bond motifs is 1. The molecule has 0 bridgehead atoms. The van der Waals surface area contributed by atoms with E-state index in [1.54, 1.807) is 6.07 Å². The molecule has 1 aliphatic heterocycles. The second-order valence-corrected chi connectivity index (χ2v) is 10.4. The number of benzene rings is 2. The lowest BCUT2D eigenvalue weighted by Crippen LogP contribution is -2.45. The van der Waals surface area contributed by atoms with Gasteiger partial charge < -0.3 is 9.30 Å². The van der Waals surface area contributed by atoms with Gasteiger partial charge in [0, 0.05) is 73.5 Å². The third-order valence-corrected chi connectivity index (χ3v) is 7.54. The van der Waals surface area contributed by atoms with Gasteiger partial charge in [-0.1, -0.05) is 49.2 Å². The molecule has 3 heterocycles. The van der Waals surface area contributed by atoms with Gasteiger partial charge in [-0.3, -0.25) is 14.8 Å². The summed E-state index contributed by atoms with van der Waals surface area (Å²) in [4.78, 5) is 9.20. The van der Waals surface area contributed by atoms with Gasteiger partial charge in [-0.05, 0) is 47.9 Å². The Balaban J connectivity index is 1.32. The Morgan fingerprint density at radius 1 is 0.949 bits per heavy atom. The van der Waals surface area contributed by atoms with Gasteiger partial charge in [0.2, 0.25) is 0 Å². The molecule has 0 amide bonds. The monoisotopic (exact) mass is 556 g/mol. The number of hydrogen-bond acceptors (Lipinski definition) is 4. The summed E-state index contributed by atoms with van der Waals surface area (Å²) in [6.07, 6.45) is 0.551. The molecule has 5 rings (SSSR count). The maximum absolute atomic E-state index is 12.6. The molecule has 5 nitrogen and oxygen atoms in total. The van der Waals surface area contributed by atoms with E-state index in [1.807, 2.05) is 18.2 Å². The minimum atomic E-state index is -4.74. The number of nitrogens with zero attached hydrogens (tertiary/aromatic N) is 4. The van der Waals surface area contributed by atoms with Gasteiger partial charge in [0.1, 0.15) is 5.75 Å². The average molecular weight is 557 g/mol. The number of ether oxygens (including phenoxy) is 1. The summed E-state index contributed by atoms with van der Waals surface area (Å²) < 4.78 is 44.0. The third-order valence-electron chi connectivity index (χ3n) is 7.17. The smallest absolute Gasteiger partial charge is 0.404 e. The van der Waals surface area contributed by atoms with Crippen LogP contribution < -0.4 is 4.74 Å². The number of aromatic nitrogens is 2. The molecule has 0 unspecified atom stereocenters.